The number of rotatable bonds is 4. The molecule has 0 spiro atoms. The van der Waals surface area contributed by atoms with Crippen LogP contribution in [0.4, 0.5) is 25.1 Å². The summed E-state index contributed by atoms with van der Waals surface area (Å²) in [6.07, 6.45) is 0.759. The van der Waals surface area contributed by atoms with Crippen molar-refractivity contribution in [2.75, 3.05) is 16.8 Å². The van der Waals surface area contributed by atoms with Crippen molar-refractivity contribution in [3.8, 4) is 0 Å². The molecule has 1 saturated carbocycles. The Balaban J connectivity index is 1.60. The van der Waals surface area contributed by atoms with Crippen LogP contribution in [0.15, 0.2) is 11.8 Å². The molecular formula is C18H18F3N7O2. The number of aromatic nitrogens is 4. The smallest absolute Gasteiger partial charge is 0.351 e. The number of fused-ring (bicyclic) bond motifs is 1. The molecule has 1 atom stereocenters. The highest BCUT2D eigenvalue weighted by molar-refractivity contribution is 6.15. The molecule has 9 nitrogen and oxygen atoms in total. The molecule has 2 aromatic heterocycles. The second kappa shape index (κ2) is 6.67. The maximum absolute atomic E-state index is 13.5. The van der Waals surface area contributed by atoms with E-state index in [0.717, 1.165) is 12.8 Å². The van der Waals surface area contributed by atoms with E-state index in [9.17, 15) is 22.8 Å². The number of carbonyl (C=O) groups is 2. The van der Waals surface area contributed by atoms with Gasteiger partial charge in [0.25, 0.3) is 5.91 Å². The first kappa shape index (κ1) is 18.8. The van der Waals surface area contributed by atoms with Crippen LogP contribution in [0.5, 0.6) is 0 Å². The van der Waals surface area contributed by atoms with Gasteiger partial charge in [0.15, 0.2) is 5.65 Å². The highest BCUT2D eigenvalue weighted by Gasteiger charge is 2.47. The molecule has 0 aromatic carbocycles. The van der Waals surface area contributed by atoms with E-state index in [4.69, 9.17) is 0 Å². The van der Waals surface area contributed by atoms with Crippen LogP contribution in [0.2, 0.25) is 0 Å². The molecule has 12 heteroatoms. The molecule has 3 fully saturated rings. The fraction of sp³-hybridized carbons (Fsp3) is 0.500. The molecule has 1 aliphatic carbocycles. The summed E-state index contributed by atoms with van der Waals surface area (Å²) in [4.78, 5) is 33.2. The van der Waals surface area contributed by atoms with Gasteiger partial charge in [0.1, 0.15) is 6.04 Å². The number of carbonyl (C=O) groups excluding carboxylic acids is 2. The lowest BCUT2D eigenvalue weighted by Gasteiger charge is -2.26. The van der Waals surface area contributed by atoms with Crippen molar-refractivity contribution in [1.82, 2.24) is 24.9 Å². The van der Waals surface area contributed by atoms with Gasteiger partial charge in [-0.1, -0.05) is 0 Å². The lowest BCUT2D eigenvalue weighted by Crippen LogP contribution is -2.42. The van der Waals surface area contributed by atoms with Gasteiger partial charge in [-0.2, -0.15) is 32.8 Å². The van der Waals surface area contributed by atoms with Crippen LogP contribution in [0.3, 0.4) is 0 Å². The topological polar surface area (TPSA) is 105 Å². The van der Waals surface area contributed by atoms with E-state index in [1.807, 2.05) is 0 Å². The van der Waals surface area contributed by atoms with Gasteiger partial charge >= 0.3 is 6.18 Å². The standard InChI is InChI=1S/C18H18F3N7O2/c19-18(20,21)12-2-1-5-27(12)16-25-14-10(6-9-7-13(29)24-15(9)30)8-22-28(14)17(26-16)23-11-3-4-11/h6,8,11-12H,1-5,7H2,(H,23,25,26)(H,24,29,30)/b9-6+. The Morgan fingerprint density at radius 3 is 2.67 bits per heavy atom. The Kier molecular flexibility index (Phi) is 4.19. The zero-order valence-corrected chi connectivity index (χ0v) is 15.7. The Hall–Kier alpha value is -3.18. The number of hydrogen-bond acceptors (Lipinski definition) is 7. The number of halogens is 3. The molecule has 5 rings (SSSR count). The number of hydrogen-bond donors (Lipinski definition) is 2. The summed E-state index contributed by atoms with van der Waals surface area (Å²) in [5.41, 5.74) is 0.955. The van der Waals surface area contributed by atoms with Crippen molar-refractivity contribution in [2.24, 2.45) is 0 Å². The molecule has 30 heavy (non-hydrogen) atoms. The van der Waals surface area contributed by atoms with Crippen molar-refractivity contribution in [3.05, 3.63) is 17.3 Å². The van der Waals surface area contributed by atoms with Crippen molar-refractivity contribution in [2.45, 2.75) is 50.4 Å². The van der Waals surface area contributed by atoms with Crippen LogP contribution in [-0.4, -0.2) is 56.2 Å². The highest BCUT2D eigenvalue weighted by Crippen LogP contribution is 2.36. The van der Waals surface area contributed by atoms with E-state index in [0.29, 0.717) is 17.9 Å². The molecular weight excluding hydrogens is 403 g/mol. The molecule has 2 saturated heterocycles. The Morgan fingerprint density at radius 1 is 1.20 bits per heavy atom. The monoisotopic (exact) mass is 421 g/mol. The van der Waals surface area contributed by atoms with Gasteiger partial charge in [-0.05, 0) is 31.8 Å². The summed E-state index contributed by atoms with van der Waals surface area (Å²) >= 11 is 0. The minimum Gasteiger partial charge on any atom is -0.351 e. The third-order valence-electron chi connectivity index (χ3n) is 5.41. The predicted octanol–water partition coefficient (Wildman–Crippen LogP) is 1.66. The lowest BCUT2D eigenvalue weighted by atomic mass is 10.1. The second-order valence-corrected chi connectivity index (χ2v) is 7.72. The van der Waals surface area contributed by atoms with Gasteiger partial charge in [0.05, 0.1) is 12.6 Å². The van der Waals surface area contributed by atoms with Gasteiger partial charge in [0, 0.05) is 23.7 Å². The van der Waals surface area contributed by atoms with Gasteiger partial charge in [-0.25, -0.2) is 0 Å². The molecule has 158 valence electrons. The summed E-state index contributed by atoms with van der Waals surface area (Å²) in [5.74, 6) is -0.625. The van der Waals surface area contributed by atoms with Gasteiger partial charge < -0.3 is 10.2 Å². The lowest BCUT2D eigenvalue weighted by molar-refractivity contribution is -0.146. The van der Waals surface area contributed by atoms with Crippen molar-refractivity contribution in [1.29, 1.82) is 0 Å². The summed E-state index contributed by atoms with van der Waals surface area (Å²) < 4.78 is 41.9. The summed E-state index contributed by atoms with van der Waals surface area (Å²) in [6.45, 7) is 0.199. The maximum Gasteiger partial charge on any atom is 0.408 e. The number of nitrogens with one attached hydrogen (secondary N) is 2. The first-order chi connectivity index (χ1) is 14.3. The third kappa shape index (κ3) is 3.35. The molecule has 3 aliphatic rings. The van der Waals surface area contributed by atoms with Gasteiger partial charge in [-0.15, -0.1) is 0 Å². The maximum atomic E-state index is 13.5. The SMILES string of the molecule is O=C1C/C(=C\c2cnn3c(NC4CC4)nc(N4CCCC4C(F)(F)F)nc23)C(=O)N1. The molecule has 2 aliphatic heterocycles. The molecule has 2 amide bonds. The van der Waals surface area contributed by atoms with E-state index in [1.54, 1.807) is 0 Å². The van der Waals surface area contributed by atoms with Crippen molar-refractivity contribution < 1.29 is 22.8 Å². The molecule has 2 aromatic rings. The highest BCUT2D eigenvalue weighted by atomic mass is 19.4. The van der Waals surface area contributed by atoms with Crippen LogP contribution in [-0.2, 0) is 9.59 Å². The van der Waals surface area contributed by atoms with Gasteiger partial charge in [0.2, 0.25) is 17.8 Å². The minimum absolute atomic E-state index is 0.0120. The van der Waals surface area contributed by atoms with Crippen LogP contribution < -0.4 is 15.5 Å². The van der Waals surface area contributed by atoms with Gasteiger partial charge in [-0.3, -0.25) is 14.9 Å². The van der Waals surface area contributed by atoms with E-state index < -0.39 is 24.0 Å². The van der Waals surface area contributed by atoms with E-state index >= 15 is 0 Å². The predicted molar refractivity (Wildman–Crippen MR) is 99.6 cm³/mol. The van der Waals surface area contributed by atoms with Crippen LogP contribution in [0, 0.1) is 0 Å². The molecule has 2 N–H and O–H groups in total. The fourth-order valence-corrected chi connectivity index (χ4v) is 3.77. The largest absolute Gasteiger partial charge is 0.408 e. The zero-order valence-electron chi connectivity index (χ0n) is 15.7. The van der Waals surface area contributed by atoms with Crippen LogP contribution in [0.25, 0.3) is 11.7 Å². The number of imide groups is 1. The number of amides is 2. The average Bonchev–Trinajstić information content (AvgIpc) is 3.07. The quantitative estimate of drug-likeness (QED) is 0.572. The summed E-state index contributed by atoms with van der Waals surface area (Å²) in [5, 5.41) is 9.63. The second-order valence-electron chi connectivity index (χ2n) is 7.72. The molecule has 0 bridgehead atoms. The molecule has 4 heterocycles. The van der Waals surface area contributed by atoms with Crippen molar-refractivity contribution >= 4 is 35.4 Å². The number of alkyl halides is 3. The molecule has 0 radical (unpaired) electrons. The Bertz CT molecular complexity index is 1070. The van der Waals surface area contributed by atoms with E-state index in [-0.39, 0.29) is 42.6 Å². The minimum atomic E-state index is -4.39. The average molecular weight is 421 g/mol. The van der Waals surface area contributed by atoms with Crippen LogP contribution in [0.1, 0.15) is 37.7 Å². The van der Waals surface area contributed by atoms with Crippen LogP contribution >= 0.6 is 0 Å². The Morgan fingerprint density at radius 2 is 2.00 bits per heavy atom. The first-order valence-electron chi connectivity index (χ1n) is 9.70. The zero-order chi connectivity index (χ0) is 21.0. The summed E-state index contributed by atoms with van der Waals surface area (Å²) in [6, 6.07) is -1.45. The van der Waals surface area contributed by atoms with E-state index in [2.05, 4.69) is 25.7 Å². The third-order valence-corrected chi connectivity index (χ3v) is 5.41. The fourth-order valence-electron chi connectivity index (χ4n) is 3.77. The number of anilines is 2. The Labute approximate surface area is 168 Å². The van der Waals surface area contributed by atoms with E-state index in [1.165, 1.54) is 21.7 Å². The molecule has 1 unspecified atom stereocenters. The summed E-state index contributed by atoms with van der Waals surface area (Å²) in [7, 11) is 0. The normalized spacial score (nSPS) is 23.6. The first-order valence-corrected chi connectivity index (χ1v) is 9.70. The number of nitrogens with zero attached hydrogens (tertiary/aromatic N) is 5. The van der Waals surface area contributed by atoms with Crippen molar-refractivity contribution in [3.63, 3.8) is 0 Å².